The number of nitrogen functional groups attached to an aromatic ring is 1. The van der Waals surface area contributed by atoms with Gasteiger partial charge in [0.15, 0.2) is 0 Å². The molecule has 0 saturated heterocycles. The molecule has 0 heterocycles. The Bertz CT molecular complexity index is 373. The molecule has 1 aromatic carbocycles. The van der Waals surface area contributed by atoms with Crippen molar-refractivity contribution < 1.29 is 0 Å². The Morgan fingerprint density at radius 1 is 1.33 bits per heavy atom. The van der Waals surface area contributed by atoms with E-state index in [0.29, 0.717) is 5.92 Å². The Kier molecular flexibility index (Phi) is 4.17. The minimum Gasteiger partial charge on any atom is -0.399 e. The minimum atomic E-state index is 0.539. The van der Waals surface area contributed by atoms with E-state index in [2.05, 4.69) is 38.1 Å². The molecule has 0 unspecified atom stereocenters. The maximum absolute atomic E-state index is 5.77. The van der Waals surface area contributed by atoms with Crippen LogP contribution in [0.4, 0.5) is 5.69 Å². The van der Waals surface area contributed by atoms with Crippen molar-refractivity contribution in [3.63, 3.8) is 0 Å². The van der Waals surface area contributed by atoms with Crippen LogP contribution in [-0.2, 0) is 0 Å². The van der Waals surface area contributed by atoms with Gasteiger partial charge in [0.1, 0.15) is 0 Å². The number of nitrogens with two attached hydrogens (primary N) is 1. The van der Waals surface area contributed by atoms with Crippen LogP contribution in [-0.4, -0.2) is 0 Å². The molecular weight excluding hydrogens is 182 g/mol. The number of allylic oxidation sites excluding steroid dienone is 4. The molecular formula is C14H19N. The molecule has 0 saturated carbocycles. The summed E-state index contributed by atoms with van der Waals surface area (Å²) in [6.07, 6.45) is 6.42. The van der Waals surface area contributed by atoms with Crippen LogP contribution >= 0.6 is 0 Å². The Labute approximate surface area is 92.3 Å². The molecule has 0 bridgehead atoms. The lowest BCUT2D eigenvalue weighted by atomic mass is 10.0. The number of anilines is 1. The quantitative estimate of drug-likeness (QED) is 0.583. The van der Waals surface area contributed by atoms with Gasteiger partial charge in [0.2, 0.25) is 0 Å². The predicted octanol–water partition coefficient (Wildman–Crippen LogP) is 3.88. The third-order valence-electron chi connectivity index (χ3n) is 2.08. The summed E-state index contributed by atoms with van der Waals surface area (Å²) >= 11 is 0. The Morgan fingerprint density at radius 3 is 2.60 bits per heavy atom. The molecule has 0 atom stereocenters. The molecule has 0 amide bonds. The lowest BCUT2D eigenvalue weighted by Crippen LogP contribution is -1.89. The van der Waals surface area contributed by atoms with E-state index in [1.807, 2.05) is 25.1 Å². The largest absolute Gasteiger partial charge is 0.399 e. The highest BCUT2D eigenvalue weighted by molar-refractivity contribution is 5.75. The Balaban J connectivity index is 3.10. The molecule has 15 heavy (non-hydrogen) atoms. The fraction of sp³-hybridized carbons (Fsp3) is 0.286. The second kappa shape index (κ2) is 5.40. The van der Waals surface area contributed by atoms with Crippen LogP contribution in [0.25, 0.3) is 5.57 Å². The van der Waals surface area contributed by atoms with Gasteiger partial charge in [0.05, 0.1) is 0 Å². The van der Waals surface area contributed by atoms with E-state index in [1.54, 1.807) is 0 Å². The molecule has 0 aliphatic rings. The van der Waals surface area contributed by atoms with E-state index in [9.17, 15) is 0 Å². The smallest absolute Gasteiger partial charge is 0.0320 e. The fourth-order valence-electron chi connectivity index (χ4n) is 1.50. The number of hydrogen-bond acceptors (Lipinski definition) is 1. The van der Waals surface area contributed by atoms with Crippen LogP contribution < -0.4 is 5.73 Å². The highest BCUT2D eigenvalue weighted by Gasteiger charge is 1.99. The second-order valence-electron chi connectivity index (χ2n) is 3.99. The number of rotatable bonds is 3. The van der Waals surface area contributed by atoms with Crippen molar-refractivity contribution in [3.8, 4) is 0 Å². The average molecular weight is 201 g/mol. The van der Waals surface area contributed by atoms with Crippen LogP contribution in [0.5, 0.6) is 0 Å². The second-order valence-corrected chi connectivity index (χ2v) is 3.99. The third-order valence-corrected chi connectivity index (χ3v) is 2.08. The van der Waals surface area contributed by atoms with Gasteiger partial charge in [0, 0.05) is 5.69 Å². The summed E-state index contributed by atoms with van der Waals surface area (Å²) in [6.45, 7) is 6.38. The summed E-state index contributed by atoms with van der Waals surface area (Å²) in [5.41, 5.74) is 9.00. The fourth-order valence-corrected chi connectivity index (χ4v) is 1.50. The summed E-state index contributed by atoms with van der Waals surface area (Å²) in [4.78, 5) is 0. The first-order valence-electron chi connectivity index (χ1n) is 5.34. The lowest BCUT2D eigenvalue weighted by molar-refractivity contribution is 0.834. The van der Waals surface area contributed by atoms with Crippen LogP contribution in [0.15, 0.2) is 42.5 Å². The van der Waals surface area contributed by atoms with Crippen molar-refractivity contribution in [2.24, 2.45) is 5.92 Å². The standard InChI is InChI=1S/C14H19N/c1-4-6-12(9-11(2)3)13-7-5-8-14(15)10-13/h4-11H,15H2,1-3H3/b6-4-,12-9+. The molecule has 0 spiro atoms. The number of hydrogen-bond donors (Lipinski definition) is 1. The van der Waals surface area contributed by atoms with Gasteiger partial charge >= 0.3 is 0 Å². The van der Waals surface area contributed by atoms with Gasteiger partial charge in [0.25, 0.3) is 0 Å². The van der Waals surface area contributed by atoms with Crippen LogP contribution in [0.3, 0.4) is 0 Å². The molecule has 1 rings (SSSR count). The average Bonchev–Trinajstić information content (AvgIpc) is 2.16. The molecule has 1 aromatic rings. The van der Waals surface area contributed by atoms with Gasteiger partial charge in [-0.3, -0.25) is 0 Å². The first kappa shape index (κ1) is 11.6. The molecule has 0 aliphatic carbocycles. The molecule has 0 fully saturated rings. The van der Waals surface area contributed by atoms with Gasteiger partial charge in [-0.15, -0.1) is 0 Å². The van der Waals surface area contributed by atoms with Gasteiger partial charge in [-0.1, -0.05) is 44.2 Å². The third kappa shape index (κ3) is 3.62. The van der Waals surface area contributed by atoms with E-state index in [1.165, 1.54) is 11.1 Å². The van der Waals surface area contributed by atoms with Crippen LogP contribution in [0.1, 0.15) is 26.3 Å². The minimum absolute atomic E-state index is 0.539. The van der Waals surface area contributed by atoms with Crippen molar-refractivity contribution in [1.82, 2.24) is 0 Å². The van der Waals surface area contributed by atoms with Crippen molar-refractivity contribution in [2.75, 3.05) is 5.73 Å². The monoisotopic (exact) mass is 201 g/mol. The van der Waals surface area contributed by atoms with Crippen LogP contribution in [0, 0.1) is 5.92 Å². The van der Waals surface area contributed by atoms with Crippen molar-refractivity contribution in [2.45, 2.75) is 20.8 Å². The SMILES string of the molecule is C/C=C\C(=C/C(C)C)c1cccc(N)c1. The van der Waals surface area contributed by atoms with Gasteiger partial charge in [-0.2, -0.15) is 0 Å². The van der Waals surface area contributed by atoms with E-state index >= 15 is 0 Å². The van der Waals surface area contributed by atoms with Crippen LogP contribution in [0.2, 0.25) is 0 Å². The molecule has 0 aromatic heterocycles. The topological polar surface area (TPSA) is 26.0 Å². The van der Waals surface area contributed by atoms with Crippen molar-refractivity contribution >= 4 is 11.3 Å². The van der Waals surface area contributed by atoms with Gasteiger partial charge in [-0.25, -0.2) is 0 Å². The molecule has 0 radical (unpaired) electrons. The molecule has 1 nitrogen and oxygen atoms in total. The van der Waals surface area contributed by atoms with Crippen molar-refractivity contribution in [3.05, 3.63) is 48.1 Å². The zero-order chi connectivity index (χ0) is 11.3. The Morgan fingerprint density at radius 2 is 2.07 bits per heavy atom. The van der Waals surface area contributed by atoms with Gasteiger partial charge < -0.3 is 5.73 Å². The van der Waals surface area contributed by atoms with E-state index in [0.717, 1.165) is 5.69 Å². The zero-order valence-electron chi connectivity index (χ0n) is 9.70. The molecule has 1 heteroatoms. The normalized spacial score (nSPS) is 12.7. The highest BCUT2D eigenvalue weighted by Crippen LogP contribution is 2.20. The first-order chi connectivity index (χ1) is 7.13. The first-order valence-corrected chi connectivity index (χ1v) is 5.34. The van der Waals surface area contributed by atoms with E-state index < -0.39 is 0 Å². The van der Waals surface area contributed by atoms with Crippen molar-refractivity contribution in [1.29, 1.82) is 0 Å². The van der Waals surface area contributed by atoms with E-state index in [4.69, 9.17) is 5.73 Å². The van der Waals surface area contributed by atoms with E-state index in [-0.39, 0.29) is 0 Å². The predicted molar refractivity (Wildman–Crippen MR) is 68.5 cm³/mol. The molecule has 0 aliphatic heterocycles. The maximum Gasteiger partial charge on any atom is 0.0320 e. The lowest BCUT2D eigenvalue weighted by Gasteiger charge is -2.06. The summed E-state index contributed by atoms with van der Waals surface area (Å²) in [5, 5.41) is 0. The van der Waals surface area contributed by atoms with Gasteiger partial charge in [-0.05, 0) is 36.1 Å². The number of benzene rings is 1. The summed E-state index contributed by atoms with van der Waals surface area (Å²) < 4.78 is 0. The summed E-state index contributed by atoms with van der Waals surface area (Å²) in [6, 6.07) is 7.99. The molecule has 80 valence electrons. The molecule has 2 N–H and O–H groups in total. The maximum atomic E-state index is 5.77. The summed E-state index contributed by atoms with van der Waals surface area (Å²) in [5.74, 6) is 0.539. The zero-order valence-corrected chi connectivity index (χ0v) is 9.70. The highest BCUT2D eigenvalue weighted by atomic mass is 14.5. The Hall–Kier alpha value is -1.50. The summed E-state index contributed by atoms with van der Waals surface area (Å²) in [7, 11) is 0.